The number of carbonyl (C=O) groups excluding carboxylic acids is 1. The predicted molar refractivity (Wildman–Crippen MR) is 89.1 cm³/mol. The zero-order valence-electron chi connectivity index (χ0n) is 13.1. The summed E-state index contributed by atoms with van der Waals surface area (Å²) in [6, 6.07) is 14.8. The number of aliphatic hydroxyl groups is 1. The van der Waals surface area contributed by atoms with Crippen LogP contribution in [0.4, 0.5) is 10.6 Å². The second-order valence-corrected chi connectivity index (χ2v) is 6.15. The summed E-state index contributed by atoms with van der Waals surface area (Å²) in [7, 11) is 0. The van der Waals surface area contributed by atoms with Gasteiger partial charge in [-0.2, -0.15) is 0 Å². The number of carbonyl (C=O) groups is 1. The van der Waals surface area contributed by atoms with Crippen LogP contribution in [0.3, 0.4) is 0 Å². The van der Waals surface area contributed by atoms with Crippen molar-refractivity contribution in [3.05, 3.63) is 59.8 Å². The number of rotatable bonds is 5. The molecule has 0 saturated heterocycles. The van der Waals surface area contributed by atoms with Crippen LogP contribution in [0, 0.1) is 12.3 Å². The summed E-state index contributed by atoms with van der Waals surface area (Å²) >= 11 is 0. The van der Waals surface area contributed by atoms with E-state index in [0.717, 1.165) is 24.1 Å². The average molecular weight is 311 g/mol. The van der Waals surface area contributed by atoms with Crippen LogP contribution in [0.15, 0.2) is 48.5 Å². The molecule has 1 heterocycles. The highest BCUT2D eigenvalue weighted by Gasteiger charge is 2.49. The Balaban J connectivity index is 1.56. The largest absolute Gasteiger partial charge is 0.388 e. The number of aromatic nitrogens is 1. The van der Waals surface area contributed by atoms with E-state index in [9.17, 15) is 9.90 Å². The number of nitrogens with zero attached hydrogens (tertiary/aromatic N) is 1. The minimum absolute atomic E-state index is 0.251. The average Bonchev–Trinajstić information content (AvgIpc) is 3.34. The standard InChI is InChI=1S/C18H21N3O2/c1-13-6-5-9-15(20-13)21-17(23)19-12-18(10-11-18)16(22)14-7-3-2-4-8-14/h2-9,16,22H,10-12H2,1H3,(H2,19,20,21,23)/t16-/m1/s1. The van der Waals surface area contributed by atoms with Crippen molar-refractivity contribution in [2.75, 3.05) is 11.9 Å². The molecule has 3 rings (SSSR count). The molecule has 0 spiro atoms. The fourth-order valence-electron chi connectivity index (χ4n) is 2.73. The maximum Gasteiger partial charge on any atom is 0.320 e. The van der Waals surface area contributed by atoms with Crippen molar-refractivity contribution < 1.29 is 9.90 Å². The van der Waals surface area contributed by atoms with Gasteiger partial charge in [0.25, 0.3) is 0 Å². The van der Waals surface area contributed by atoms with Gasteiger partial charge < -0.3 is 10.4 Å². The molecule has 1 atom stereocenters. The molecule has 1 aliphatic rings. The molecule has 120 valence electrons. The SMILES string of the molecule is Cc1cccc(NC(=O)NCC2([C@H](O)c3ccccc3)CC2)n1. The number of urea groups is 1. The highest BCUT2D eigenvalue weighted by Crippen LogP contribution is 2.54. The van der Waals surface area contributed by atoms with Gasteiger partial charge in [-0.05, 0) is 37.5 Å². The van der Waals surface area contributed by atoms with Gasteiger partial charge in [0.1, 0.15) is 5.82 Å². The van der Waals surface area contributed by atoms with E-state index in [1.165, 1.54) is 0 Å². The summed E-state index contributed by atoms with van der Waals surface area (Å²) in [6.07, 6.45) is 1.26. The fourth-order valence-corrected chi connectivity index (χ4v) is 2.73. The molecule has 1 fully saturated rings. The van der Waals surface area contributed by atoms with Crippen molar-refractivity contribution in [1.29, 1.82) is 0 Å². The Hall–Kier alpha value is -2.40. The lowest BCUT2D eigenvalue weighted by atomic mass is 9.93. The Bertz CT molecular complexity index is 684. The van der Waals surface area contributed by atoms with E-state index < -0.39 is 6.10 Å². The van der Waals surface area contributed by atoms with Crippen molar-refractivity contribution in [3.8, 4) is 0 Å². The van der Waals surface area contributed by atoms with E-state index in [4.69, 9.17) is 0 Å². The Labute approximate surface area is 135 Å². The number of hydrogen-bond acceptors (Lipinski definition) is 3. The smallest absolute Gasteiger partial charge is 0.320 e. The molecule has 1 aromatic carbocycles. The van der Waals surface area contributed by atoms with Crippen LogP contribution in [0.5, 0.6) is 0 Å². The number of anilines is 1. The summed E-state index contributed by atoms with van der Waals surface area (Å²) in [4.78, 5) is 16.2. The summed E-state index contributed by atoms with van der Waals surface area (Å²) in [5.41, 5.74) is 1.49. The first-order valence-corrected chi connectivity index (χ1v) is 7.81. The first-order valence-electron chi connectivity index (χ1n) is 7.81. The number of benzene rings is 1. The van der Waals surface area contributed by atoms with Crippen molar-refractivity contribution in [2.24, 2.45) is 5.41 Å². The summed E-state index contributed by atoms with van der Waals surface area (Å²) in [5.74, 6) is 0.524. The molecule has 0 aliphatic heterocycles. The van der Waals surface area contributed by atoms with E-state index in [0.29, 0.717) is 12.4 Å². The Morgan fingerprint density at radius 2 is 1.96 bits per heavy atom. The fraction of sp³-hybridized carbons (Fsp3) is 0.333. The summed E-state index contributed by atoms with van der Waals surface area (Å²) < 4.78 is 0. The minimum atomic E-state index is -0.555. The lowest BCUT2D eigenvalue weighted by Crippen LogP contribution is -2.36. The van der Waals surface area contributed by atoms with E-state index >= 15 is 0 Å². The Morgan fingerprint density at radius 1 is 1.22 bits per heavy atom. The van der Waals surface area contributed by atoms with Gasteiger partial charge in [0, 0.05) is 17.7 Å². The third kappa shape index (κ3) is 3.68. The Morgan fingerprint density at radius 3 is 2.61 bits per heavy atom. The van der Waals surface area contributed by atoms with Gasteiger partial charge >= 0.3 is 6.03 Å². The molecule has 0 radical (unpaired) electrons. The number of aliphatic hydroxyl groups excluding tert-OH is 1. The maximum atomic E-state index is 12.0. The molecule has 3 N–H and O–H groups in total. The van der Waals surface area contributed by atoms with Crippen molar-refractivity contribution in [1.82, 2.24) is 10.3 Å². The lowest BCUT2D eigenvalue weighted by Gasteiger charge is -2.23. The van der Waals surface area contributed by atoms with Crippen LogP contribution in [-0.2, 0) is 0 Å². The van der Waals surface area contributed by atoms with E-state index in [1.807, 2.05) is 49.4 Å². The number of pyridine rings is 1. The van der Waals surface area contributed by atoms with Gasteiger partial charge in [0.15, 0.2) is 0 Å². The van der Waals surface area contributed by atoms with Gasteiger partial charge in [-0.25, -0.2) is 9.78 Å². The zero-order valence-corrected chi connectivity index (χ0v) is 13.1. The number of nitrogens with one attached hydrogen (secondary N) is 2. The third-order valence-corrected chi connectivity index (χ3v) is 4.32. The zero-order chi connectivity index (χ0) is 16.3. The van der Waals surface area contributed by atoms with Crippen LogP contribution in [0.1, 0.15) is 30.2 Å². The normalized spacial score (nSPS) is 16.4. The summed E-state index contributed by atoms with van der Waals surface area (Å²) in [6.45, 7) is 2.32. The van der Waals surface area contributed by atoms with E-state index in [2.05, 4.69) is 15.6 Å². The van der Waals surface area contributed by atoms with Crippen LogP contribution in [0.2, 0.25) is 0 Å². The van der Waals surface area contributed by atoms with Gasteiger partial charge in [-0.15, -0.1) is 0 Å². The molecule has 5 heteroatoms. The minimum Gasteiger partial charge on any atom is -0.388 e. The van der Waals surface area contributed by atoms with Crippen LogP contribution >= 0.6 is 0 Å². The van der Waals surface area contributed by atoms with Crippen LogP contribution in [-0.4, -0.2) is 22.7 Å². The van der Waals surface area contributed by atoms with Crippen molar-refractivity contribution in [3.63, 3.8) is 0 Å². The first-order chi connectivity index (χ1) is 11.1. The topological polar surface area (TPSA) is 74.2 Å². The van der Waals surface area contributed by atoms with Gasteiger partial charge in [0.2, 0.25) is 0 Å². The van der Waals surface area contributed by atoms with Crippen molar-refractivity contribution in [2.45, 2.75) is 25.9 Å². The highest BCUT2D eigenvalue weighted by atomic mass is 16.3. The monoisotopic (exact) mass is 311 g/mol. The molecule has 2 amide bonds. The molecule has 1 saturated carbocycles. The molecule has 0 unspecified atom stereocenters. The number of amides is 2. The van der Waals surface area contributed by atoms with Gasteiger partial charge in [0.05, 0.1) is 6.10 Å². The second-order valence-electron chi connectivity index (χ2n) is 6.15. The molecule has 0 bridgehead atoms. The lowest BCUT2D eigenvalue weighted by molar-refractivity contribution is 0.0936. The molecule has 1 aromatic heterocycles. The molecule has 2 aromatic rings. The molecular weight excluding hydrogens is 290 g/mol. The quantitative estimate of drug-likeness (QED) is 0.794. The van der Waals surface area contributed by atoms with Crippen LogP contribution < -0.4 is 10.6 Å². The highest BCUT2D eigenvalue weighted by molar-refractivity contribution is 5.88. The molecule has 5 nitrogen and oxygen atoms in total. The molecule has 23 heavy (non-hydrogen) atoms. The van der Waals surface area contributed by atoms with Crippen molar-refractivity contribution >= 4 is 11.8 Å². The number of aryl methyl sites for hydroxylation is 1. The van der Waals surface area contributed by atoms with Crippen LogP contribution in [0.25, 0.3) is 0 Å². The molecular formula is C18H21N3O2. The Kier molecular flexibility index (Phi) is 4.30. The maximum absolute atomic E-state index is 12.0. The molecule has 1 aliphatic carbocycles. The third-order valence-electron chi connectivity index (χ3n) is 4.32. The predicted octanol–water partition coefficient (Wildman–Crippen LogP) is 3.03. The summed E-state index contributed by atoms with van der Waals surface area (Å²) in [5, 5.41) is 16.1. The number of hydrogen-bond donors (Lipinski definition) is 3. The second kappa shape index (κ2) is 6.38. The van der Waals surface area contributed by atoms with E-state index in [-0.39, 0.29) is 11.4 Å². The first kappa shape index (κ1) is 15.5. The van der Waals surface area contributed by atoms with Gasteiger partial charge in [-0.3, -0.25) is 5.32 Å². The van der Waals surface area contributed by atoms with Gasteiger partial charge in [-0.1, -0.05) is 36.4 Å². The van der Waals surface area contributed by atoms with E-state index in [1.54, 1.807) is 6.07 Å².